The Labute approximate surface area is 185 Å². The number of para-hydroxylation sites is 1. The first kappa shape index (κ1) is 23.0. The number of tetrazole rings is 1. The molecule has 1 aliphatic heterocycles. The zero-order valence-electron chi connectivity index (χ0n) is 18.3. The monoisotopic (exact) mass is 443 g/mol. The van der Waals surface area contributed by atoms with Crippen LogP contribution in [0, 0.1) is 23.1 Å². The molecule has 1 aliphatic rings. The van der Waals surface area contributed by atoms with Crippen molar-refractivity contribution in [3.63, 3.8) is 0 Å². The summed E-state index contributed by atoms with van der Waals surface area (Å²) in [7, 11) is 0. The molecule has 32 heavy (non-hydrogen) atoms. The fourth-order valence-electron chi connectivity index (χ4n) is 3.15. The van der Waals surface area contributed by atoms with Gasteiger partial charge in [0.2, 0.25) is 5.82 Å². The van der Waals surface area contributed by atoms with Gasteiger partial charge in [-0.2, -0.15) is 10.5 Å². The topological polar surface area (TPSA) is 129 Å². The predicted molar refractivity (Wildman–Crippen MR) is 114 cm³/mol. The molecule has 0 radical (unpaired) electrons. The fourth-order valence-corrected chi connectivity index (χ4v) is 3.15. The molecule has 1 aromatic heterocycles. The van der Waals surface area contributed by atoms with E-state index >= 15 is 0 Å². The molecule has 2 heterocycles. The molecule has 0 saturated carbocycles. The average Bonchev–Trinajstić information content (AvgIpc) is 3.28. The second-order valence-electron chi connectivity index (χ2n) is 8.38. The molecule has 0 atom stereocenters. The lowest BCUT2D eigenvalue weighted by Crippen LogP contribution is -2.42. The molecule has 1 saturated heterocycles. The zero-order valence-corrected chi connectivity index (χ0v) is 18.3. The van der Waals surface area contributed by atoms with E-state index in [0.29, 0.717) is 25.4 Å². The van der Waals surface area contributed by atoms with Gasteiger partial charge in [0.15, 0.2) is 0 Å². The number of aromatic amines is 1. The van der Waals surface area contributed by atoms with Gasteiger partial charge in [-0.3, -0.25) is 0 Å². The van der Waals surface area contributed by atoms with Crippen LogP contribution < -0.4 is 10.1 Å². The predicted octanol–water partition coefficient (Wildman–Crippen LogP) is 3.34. The number of carbonyl (C=O) groups excluding carboxylic acids is 1. The second kappa shape index (κ2) is 10.1. The minimum atomic E-state index is -0.526. The first-order chi connectivity index (χ1) is 15.3. The largest absolute Gasteiger partial charge is 0.491 e. The van der Waals surface area contributed by atoms with Gasteiger partial charge < -0.3 is 19.7 Å². The van der Waals surface area contributed by atoms with Crippen molar-refractivity contribution in [2.24, 2.45) is 5.92 Å². The van der Waals surface area contributed by atoms with Crippen molar-refractivity contribution in [2.45, 2.75) is 39.2 Å². The van der Waals surface area contributed by atoms with Gasteiger partial charge in [0.25, 0.3) is 0 Å². The summed E-state index contributed by atoms with van der Waals surface area (Å²) in [6.07, 6.45) is 2.51. The van der Waals surface area contributed by atoms with Gasteiger partial charge in [-0.25, -0.2) is 9.18 Å². The third-order valence-electron chi connectivity index (χ3n) is 4.78. The number of likely N-dealkylation sites (tertiary alicyclic amines) is 1. The van der Waals surface area contributed by atoms with E-state index in [0.717, 1.165) is 12.8 Å². The van der Waals surface area contributed by atoms with Crippen LogP contribution >= 0.6 is 0 Å². The molecule has 1 amide bonds. The summed E-state index contributed by atoms with van der Waals surface area (Å²) in [5.74, 6) is 0.107. The molecule has 1 fully saturated rings. The standard InChI is InChI=1S/C21H26FN7O3/c1-21(2,3)32-20(30)29-9-7-14(8-10-29)13-31-17-6-4-5-16(22)18(17)24-12-15(11-23)19-25-27-28-26-19/h4-6,12,14,24H,7-10,13H2,1-3H3,(H,25,26,27,28). The third-order valence-corrected chi connectivity index (χ3v) is 4.78. The summed E-state index contributed by atoms with van der Waals surface area (Å²) in [6.45, 7) is 7.06. The normalized spacial score (nSPS) is 15.2. The maximum atomic E-state index is 14.4. The lowest BCUT2D eigenvalue weighted by atomic mass is 9.98. The van der Waals surface area contributed by atoms with Crippen molar-refractivity contribution in [1.29, 1.82) is 5.26 Å². The highest BCUT2D eigenvalue weighted by molar-refractivity contribution is 5.75. The van der Waals surface area contributed by atoms with E-state index in [4.69, 9.17) is 9.47 Å². The SMILES string of the molecule is CC(C)(C)OC(=O)N1CCC(COc2cccc(F)c2NC=C(C#N)c2nn[nH]n2)CC1. The van der Waals surface area contributed by atoms with Crippen LogP contribution in [0.4, 0.5) is 14.9 Å². The number of nitrogens with one attached hydrogen (secondary N) is 2. The number of anilines is 1. The number of ether oxygens (including phenoxy) is 2. The number of piperidine rings is 1. The summed E-state index contributed by atoms with van der Waals surface area (Å²) in [5.41, 5.74) is -0.334. The number of nitriles is 1. The van der Waals surface area contributed by atoms with Crippen molar-refractivity contribution < 1.29 is 18.7 Å². The van der Waals surface area contributed by atoms with Crippen molar-refractivity contribution in [3.05, 3.63) is 36.0 Å². The summed E-state index contributed by atoms with van der Waals surface area (Å²) in [5, 5.41) is 25.2. The number of carbonyl (C=O) groups is 1. The van der Waals surface area contributed by atoms with E-state index < -0.39 is 11.4 Å². The summed E-state index contributed by atoms with van der Waals surface area (Å²) in [6, 6.07) is 6.43. The van der Waals surface area contributed by atoms with Crippen LogP contribution in [0.1, 0.15) is 39.4 Å². The maximum Gasteiger partial charge on any atom is 0.410 e. The number of halogens is 1. The van der Waals surface area contributed by atoms with Gasteiger partial charge in [0, 0.05) is 19.3 Å². The smallest absolute Gasteiger partial charge is 0.410 e. The maximum absolute atomic E-state index is 14.4. The van der Waals surface area contributed by atoms with Crippen molar-refractivity contribution in [2.75, 3.05) is 25.0 Å². The zero-order chi connectivity index (χ0) is 23.1. The molecule has 0 aliphatic carbocycles. The number of hydrogen-bond acceptors (Lipinski definition) is 8. The van der Waals surface area contributed by atoms with Crippen LogP contribution in [0.5, 0.6) is 5.75 Å². The Bertz CT molecular complexity index is 988. The van der Waals surface area contributed by atoms with Crippen LogP contribution in [0.3, 0.4) is 0 Å². The van der Waals surface area contributed by atoms with Crippen LogP contribution in [0.15, 0.2) is 24.4 Å². The van der Waals surface area contributed by atoms with Gasteiger partial charge in [-0.05, 0) is 56.9 Å². The highest BCUT2D eigenvalue weighted by Crippen LogP contribution is 2.29. The van der Waals surface area contributed by atoms with Gasteiger partial charge in [0.05, 0.1) is 6.61 Å². The Morgan fingerprint density at radius 1 is 1.41 bits per heavy atom. The molecule has 10 nitrogen and oxygen atoms in total. The van der Waals surface area contributed by atoms with E-state index in [2.05, 4.69) is 25.9 Å². The van der Waals surface area contributed by atoms with Gasteiger partial charge in [-0.15, -0.1) is 10.2 Å². The van der Waals surface area contributed by atoms with E-state index in [1.54, 1.807) is 17.0 Å². The van der Waals surface area contributed by atoms with Crippen LogP contribution in [-0.4, -0.2) is 56.9 Å². The highest BCUT2D eigenvalue weighted by Gasteiger charge is 2.27. The fraction of sp³-hybridized carbons (Fsp3) is 0.476. The Morgan fingerprint density at radius 3 is 2.78 bits per heavy atom. The minimum Gasteiger partial charge on any atom is -0.491 e. The van der Waals surface area contributed by atoms with Gasteiger partial charge >= 0.3 is 6.09 Å². The quantitative estimate of drug-likeness (QED) is 0.651. The van der Waals surface area contributed by atoms with Crippen LogP contribution in [0.2, 0.25) is 0 Å². The molecular formula is C21H26FN7O3. The van der Waals surface area contributed by atoms with E-state index in [-0.39, 0.29) is 29.1 Å². The van der Waals surface area contributed by atoms with E-state index in [1.807, 2.05) is 26.8 Å². The molecule has 2 aromatic rings. The number of aromatic nitrogens is 4. The molecular weight excluding hydrogens is 417 g/mol. The first-order valence-corrected chi connectivity index (χ1v) is 10.3. The summed E-state index contributed by atoms with van der Waals surface area (Å²) < 4.78 is 25.7. The van der Waals surface area contributed by atoms with Gasteiger partial charge in [-0.1, -0.05) is 6.07 Å². The van der Waals surface area contributed by atoms with E-state index in [9.17, 15) is 14.4 Å². The summed E-state index contributed by atoms with van der Waals surface area (Å²) >= 11 is 0. The molecule has 2 N–H and O–H groups in total. The molecule has 0 bridgehead atoms. The molecule has 0 spiro atoms. The second-order valence-corrected chi connectivity index (χ2v) is 8.38. The van der Waals surface area contributed by atoms with Crippen LogP contribution in [0.25, 0.3) is 5.57 Å². The number of H-pyrrole nitrogens is 1. The Morgan fingerprint density at radius 2 is 2.16 bits per heavy atom. The summed E-state index contributed by atoms with van der Waals surface area (Å²) in [4.78, 5) is 13.9. The molecule has 11 heteroatoms. The number of nitrogens with zero attached hydrogens (tertiary/aromatic N) is 5. The number of amides is 1. The molecule has 3 rings (SSSR count). The highest BCUT2D eigenvalue weighted by atomic mass is 19.1. The molecule has 170 valence electrons. The lowest BCUT2D eigenvalue weighted by molar-refractivity contribution is 0.0165. The number of benzene rings is 1. The van der Waals surface area contributed by atoms with Crippen LogP contribution in [-0.2, 0) is 4.74 Å². The number of allylic oxidation sites excluding steroid dienone is 1. The Kier molecular flexibility index (Phi) is 7.25. The Hall–Kier alpha value is -3.68. The lowest BCUT2D eigenvalue weighted by Gasteiger charge is -2.33. The number of hydrogen-bond donors (Lipinski definition) is 2. The van der Waals surface area contributed by atoms with E-state index in [1.165, 1.54) is 12.3 Å². The Balaban J connectivity index is 1.58. The van der Waals surface area contributed by atoms with Crippen molar-refractivity contribution >= 4 is 17.4 Å². The first-order valence-electron chi connectivity index (χ1n) is 10.3. The molecule has 0 unspecified atom stereocenters. The van der Waals surface area contributed by atoms with Gasteiger partial charge in [0.1, 0.15) is 34.5 Å². The van der Waals surface area contributed by atoms with Crippen molar-refractivity contribution in [3.8, 4) is 11.8 Å². The minimum absolute atomic E-state index is 0.0856. The van der Waals surface area contributed by atoms with Crippen molar-refractivity contribution in [1.82, 2.24) is 25.5 Å². The average molecular weight is 443 g/mol. The third kappa shape index (κ3) is 6.16. The molecule has 1 aromatic carbocycles. The number of rotatable bonds is 6.